The molecular weight excluding hydrogens is 426 g/mol. The lowest BCUT2D eigenvalue weighted by Gasteiger charge is -2.31. The second-order valence-electron chi connectivity index (χ2n) is 8.09. The van der Waals surface area contributed by atoms with Gasteiger partial charge in [0.15, 0.2) is 0 Å². The Bertz CT molecular complexity index is 1050. The first-order chi connectivity index (χ1) is 15.0. The van der Waals surface area contributed by atoms with Gasteiger partial charge in [-0.1, -0.05) is 48.9 Å². The molecule has 0 saturated carbocycles. The van der Waals surface area contributed by atoms with Crippen LogP contribution in [0.4, 0.5) is 5.69 Å². The van der Waals surface area contributed by atoms with E-state index in [0.717, 1.165) is 33.7 Å². The zero-order valence-corrected chi connectivity index (χ0v) is 20.3. The normalized spacial score (nSPS) is 12.2. The van der Waals surface area contributed by atoms with E-state index in [2.05, 4.69) is 5.32 Å². The number of nitrogens with one attached hydrogen (secondary N) is 1. The van der Waals surface area contributed by atoms with Gasteiger partial charge >= 0.3 is 0 Å². The fraction of sp³-hybridized carbons (Fsp3) is 0.417. The Morgan fingerprint density at radius 1 is 1.03 bits per heavy atom. The Kier molecular flexibility index (Phi) is 8.83. The van der Waals surface area contributed by atoms with Crippen LogP contribution in [0.2, 0.25) is 0 Å². The van der Waals surface area contributed by atoms with E-state index in [4.69, 9.17) is 0 Å². The molecule has 0 spiro atoms. The van der Waals surface area contributed by atoms with E-state index in [0.29, 0.717) is 12.2 Å². The number of carbonyl (C=O) groups is 2. The van der Waals surface area contributed by atoms with Gasteiger partial charge in [0, 0.05) is 13.1 Å². The van der Waals surface area contributed by atoms with E-state index in [9.17, 15) is 18.0 Å². The number of hydrogen-bond acceptors (Lipinski definition) is 4. The third kappa shape index (κ3) is 7.09. The fourth-order valence-corrected chi connectivity index (χ4v) is 4.22. The zero-order valence-electron chi connectivity index (χ0n) is 19.5. The molecule has 0 radical (unpaired) electrons. The summed E-state index contributed by atoms with van der Waals surface area (Å²) in [5, 5.41) is 2.82. The van der Waals surface area contributed by atoms with Gasteiger partial charge in [0.05, 0.1) is 11.9 Å². The summed E-state index contributed by atoms with van der Waals surface area (Å²) in [5.41, 5.74) is 3.21. The predicted octanol–water partition coefficient (Wildman–Crippen LogP) is 3.01. The lowest BCUT2D eigenvalue weighted by Crippen LogP contribution is -2.51. The fourth-order valence-electron chi connectivity index (χ4n) is 3.38. The number of aryl methyl sites for hydroxylation is 2. The number of rotatable bonds is 10. The summed E-state index contributed by atoms with van der Waals surface area (Å²) in [6, 6.07) is 13.9. The maximum absolute atomic E-state index is 13.4. The third-order valence-corrected chi connectivity index (χ3v) is 6.26. The number of sulfonamides is 1. The summed E-state index contributed by atoms with van der Waals surface area (Å²) in [6.07, 6.45) is 1.85. The number of benzene rings is 2. The molecule has 1 atom stereocenters. The summed E-state index contributed by atoms with van der Waals surface area (Å²) in [6.45, 7) is 7.75. The maximum Gasteiger partial charge on any atom is 0.244 e. The molecule has 32 heavy (non-hydrogen) atoms. The molecular formula is C24H33N3O4S. The van der Waals surface area contributed by atoms with Crippen LogP contribution in [-0.2, 0) is 26.2 Å². The Labute approximate surface area is 191 Å². The lowest BCUT2D eigenvalue weighted by molar-refractivity contribution is -0.139. The Balaban J connectivity index is 2.37. The summed E-state index contributed by atoms with van der Waals surface area (Å²) < 4.78 is 26.1. The summed E-state index contributed by atoms with van der Waals surface area (Å²) >= 11 is 0. The number of carbonyl (C=O) groups excluding carboxylic acids is 2. The molecule has 0 aromatic heterocycles. The third-order valence-electron chi connectivity index (χ3n) is 5.12. The Morgan fingerprint density at radius 3 is 2.22 bits per heavy atom. The van der Waals surface area contributed by atoms with E-state index in [1.807, 2.05) is 51.1 Å². The van der Waals surface area contributed by atoms with Gasteiger partial charge in [-0.2, -0.15) is 0 Å². The van der Waals surface area contributed by atoms with Crippen molar-refractivity contribution in [1.82, 2.24) is 10.2 Å². The van der Waals surface area contributed by atoms with Gasteiger partial charge in [-0.15, -0.1) is 0 Å². The first-order valence-corrected chi connectivity index (χ1v) is 12.5. The number of nitrogens with zero attached hydrogens (tertiary/aromatic N) is 2. The average molecular weight is 460 g/mol. The van der Waals surface area contributed by atoms with E-state index >= 15 is 0 Å². The van der Waals surface area contributed by atoms with Gasteiger partial charge in [-0.05, 0) is 50.5 Å². The maximum atomic E-state index is 13.4. The van der Waals surface area contributed by atoms with Crippen LogP contribution in [-0.4, -0.2) is 50.5 Å². The second kappa shape index (κ2) is 11.1. The predicted molar refractivity (Wildman–Crippen MR) is 128 cm³/mol. The molecule has 2 rings (SSSR count). The molecule has 2 aromatic carbocycles. The van der Waals surface area contributed by atoms with Crippen molar-refractivity contribution >= 4 is 27.5 Å². The highest BCUT2D eigenvalue weighted by Crippen LogP contribution is 2.20. The van der Waals surface area contributed by atoms with Crippen LogP contribution in [0.3, 0.4) is 0 Å². The summed E-state index contributed by atoms with van der Waals surface area (Å²) in [7, 11) is -3.72. The summed E-state index contributed by atoms with van der Waals surface area (Å²) in [5.74, 6) is -0.716. The molecule has 0 heterocycles. The summed E-state index contributed by atoms with van der Waals surface area (Å²) in [4.78, 5) is 27.5. The van der Waals surface area contributed by atoms with Crippen molar-refractivity contribution in [1.29, 1.82) is 0 Å². The van der Waals surface area contributed by atoms with Crippen molar-refractivity contribution in [2.75, 3.05) is 23.7 Å². The number of amides is 2. The van der Waals surface area contributed by atoms with Crippen molar-refractivity contribution in [3.05, 3.63) is 65.2 Å². The first-order valence-electron chi connectivity index (χ1n) is 10.7. The Morgan fingerprint density at radius 2 is 1.66 bits per heavy atom. The van der Waals surface area contributed by atoms with E-state index < -0.39 is 22.0 Å². The molecule has 0 fully saturated rings. The van der Waals surface area contributed by atoms with E-state index in [1.165, 1.54) is 4.90 Å². The van der Waals surface area contributed by atoms with Gasteiger partial charge in [0.2, 0.25) is 21.8 Å². The molecule has 8 heteroatoms. The minimum absolute atomic E-state index is 0.201. The zero-order chi connectivity index (χ0) is 23.9. The van der Waals surface area contributed by atoms with Gasteiger partial charge in [-0.3, -0.25) is 13.9 Å². The molecule has 0 aliphatic carbocycles. The molecule has 2 aromatic rings. The lowest BCUT2D eigenvalue weighted by atomic mass is 10.1. The molecule has 174 valence electrons. The molecule has 0 aliphatic heterocycles. The van der Waals surface area contributed by atoms with Crippen LogP contribution >= 0.6 is 0 Å². The van der Waals surface area contributed by atoms with Crippen LogP contribution < -0.4 is 9.62 Å². The minimum Gasteiger partial charge on any atom is -0.354 e. The smallest absolute Gasteiger partial charge is 0.244 e. The number of anilines is 1. The van der Waals surface area contributed by atoms with E-state index in [1.54, 1.807) is 25.1 Å². The highest BCUT2D eigenvalue weighted by Gasteiger charge is 2.30. The van der Waals surface area contributed by atoms with Gasteiger partial charge in [0.25, 0.3) is 0 Å². The standard InChI is InChI=1S/C24H33N3O4S/c1-6-13-25-24(29)20(4)26(16-21-11-7-9-18(2)14-21)23(28)17-27(32(5,30)31)22-12-8-10-19(3)15-22/h7-12,14-15,20H,6,13,16-17H2,1-5H3,(H,25,29)/t20-/m0/s1. The van der Waals surface area contributed by atoms with Gasteiger partial charge < -0.3 is 10.2 Å². The highest BCUT2D eigenvalue weighted by atomic mass is 32.2. The molecule has 0 bridgehead atoms. The van der Waals surface area contributed by atoms with Crippen molar-refractivity contribution in [2.24, 2.45) is 0 Å². The number of hydrogen-bond donors (Lipinski definition) is 1. The molecule has 1 N–H and O–H groups in total. The van der Waals surface area contributed by atoms with Crippen LogP contribution in [0.15, 0.2) is 48.5 Å². The van der Waals surface area contributed by atoms with Crippen LogP contribution in [0.25, 0.3) is 0 Å². The van der Waals surface area contributed by atoms with Crippen molar-refractivity contribution in [2.45, 2.75) is 46.7 Å². The average Bonchev–Trinajstić information content (AvgIpc) is 2.72. The molecule has 0 saturated heterocycles. The molecule has 0 aliphatic rings. The minimum atomic E-state index is -3.72. The molecule has 0 unspecified atom stereocenters. The van der Waals surface area contributed by atoms with Crippen molar-refractivity contribution in [3.63, 3.8) is 0 Å². The van der Waals surface area contributed by atoms with Crippen molar-refractivity contribution in [3.8, 4) is 0 Å². The quantitative estimate of drug-likeness (QED) is 0.592. The highest BCUT2D eigenvalue weighted by molar-refractivity contribution is 7.92. The first kappa shape index (κ1) is 25.4. The van der Waals surface area contributed by atoms with Gasteiger partial charge in [-0.25, -0.2) is 8.42 Å². The second-order valence-corrected chi connectivity index (χ2v) is 9.99. The monoisotopic (exact) mass is 459 g/mol. The SMILES string of the molecule is CCCNC(=O)[C@H](C)N(Cc1cccc(C)c1)C(=O)CN(c1cccc(C)c1)S(C)(=O)=O. The van der Waals surface area contributed by atoms with E-state index in [-0.39, 0.29) is 19.0 Å². The van der Waals surface area contributed by atoms with Crippen LogP contribution in [0.5, 0.6) is 0 Å². The topological polar surface area (TPSA) is 86.8 Å². The van der Waals surface area contributed by atoms with Crippen LogP contribution in [0.1, 0.15) is 37.0 Å². The molecule has 2 amide bonds. The Hall–Kier alpha value is -2.87. The van der Waals surface area contributed by atoms with Crippen LogP contribution in [0, 0.1) is 13.8 Å². The van der Waals surface area contributed by atoms with Crippen molar-refractivity contribution < 1.29 is 18.0 Å². The largest absolute Gasteiger partial charge is 0.354 e. The van der Waals surface area contributed by atoms with Gasteiger partial charge in [0.1, 0.15) is 12.6 Å². The molecule has 7 nitrogen and oxygen atoms in total.